The van der Waals surface area contributed by atoms with Gasteiger partial charge in [-0.1, -0.05) is 0 Å². The first-order valence-corrected chi connectivity index (χ1v) is 4.84. The fraction of sp³-hybridized carbons (Fsp3) is 0.556. The van der Waals surface area contributed by atoms with Crippen LogP contribution in [0.15, 0.2) is 15.7 Å². The van der Waals surface area contributed by atoms with E-state index in [1.807, 2.05) is 4.90 Å². The van der Waals surface area contributed by atoms with Crippen molar-refractivity contribution in [3.8, 4) is 0 Å². The van der Waals surface area contributed by atoms with Gasteiger partial charge in [0.15, 0.2) is 0 Å². The normalized spacial score (nSPS) is 17.0. The maximum Gasteiger partial charge on any atom is 0.327 e. The second-order valence-corrected chi connectivity index (χ2v) is 3.52. The molecule has 0 spiro atoms. The van der Waals surface area contributed by atoms with Gasteiger partial charge in [0.2, 0.25) is 0 Å². The zero-order chi connectivity index (χ0) is 9.97. The van der Waals surface area contributed by atoms with E-state index in [0.717, 1.165) is 25.9 Å². The maximum atomic E-state index is 11.1. The molecule has 14 heavy (non-hydrogen) atoms. The van der Waals surface area contributed by atoms with Gasteiger partial charge in [-0.25, -0.2) is 4.79 Å². The first kappa shape index (κ1) is 9.05. The largest absolute Gasteiger partial charge is 0.358 e. The second-order valence-electron chi connectivity index (χ2n) is 3.52. The van der Waals surface area contributed by atoms with Crippen molar-refractivity contribution in [2.24, 2.45) is 0 Å². The van der Waals surface area contributed by atoms with Gasteiger partial charge in [0.25, 0.3) is 5.56 Å². The zero-order valence-electron chi connectivity index (χ0n) is 7.88. The molecule has 0 aromatic carbocycles. The molecule has 2 N–H and O–H groups in total. The predicted molar refractivity (Wildman–Crippen MR) is 53.7 cm³/mol. The summed E-state index contributed by atoms with van der Waals surface area (Å²) in [6.45, 7) is 1.83. The molecular formula is C9H13N3O2. The van der Waals surface area contributed by atoms with Crippen molar-refractivity contribution in [3.63, 3.8) is 0 Å². The number of nitrogens with one attached hydrogen (secondary N) is 2. The van der Waals surface area contributed by atoms with Crippen LogP contribution < -0.4 is 16.1 Å². The Balaban J connectivity index is 2.30. The fourth-order valence-corrected chi connectivity index (χ4v) is 1.76. The molecule has 2 heterocycles. The Kier molecular flexibility index (Phi) is 2.39. The van der Waals surface area contributed by atoms with Gasteiger partial charge < -0.3 is 4.90 Å². The molecule has 0 unspecified atom stereocenters. The van der Waals surface area contributed by atoms with E-state index in [9.17, 15) is 9.59 Å². The van der Waals surface area contributed by atoms with Crippen molar-refractivity contribution < 1.29 is 0 Å². The monoisotopic (exact) mass is 195 g/mol. The number of hydrogen-bond donors (Lipinski definition) is 2. The highest BCUT2D eigenvalue weighted by atomic mass is 16.2. The quantitative estimate of drug-likeness (QED) is 0.665. The van der Waals surface area contributed by atoms with Crippen molar-refractivity contribution >= 4 is 5.82 Å². The molecule has 0 amide bonds. The van der Waals surface area contributed by atoms with Crippen LogP contribution in [0.1, 0.15) is 19.3 Å². The number of H-pyrrole nitrogens is 2. The summed E-state index contributed by atoms with van der Waals surface area (Å²) >= 11 is 0. The van der Waals surface area contributed by atoms with E-state index >= 15 is 0 Å². The molecule has 0 saturated carbocycles. The molecular weight excluding hydrogens is 182 g/mol. The smallest absolute Gasteiger partial charge is 0.327 e. The number of aromatic amines is 2. The van der Waals surface area contributed by atoms with Gasteiger partial charge in [-0.15, -0.1) is 0 Å². The van der Waals surface area contributed by atoms with Crippen LogP contribution >= 0.6 is 0 Å². The standard InChI is InChI=1S/C9H13N3O2/c13-8-6-7(10-9(14)11-8)12-4-2-1-3-5-12/h6H,1-5H2,(H2,10,11,13,14). The molecule has 1 fully saturated rings. The predicted octanol–water partition coefficient (Wildman–Crippen LogP) is 0.0535. The van der Waals surface area contributed by atoms with Crippen LogP contribution in [-0.4, -0.2) is 23.1 Å². The highest BCUT2D eigenvalue weighted by molar-refractivity contribution is 5.36. The van der Waals surface area contributed by atoms with Crippen LogP contribution in [-0.2, 0) is 0 Å². The lowest BCUT2D eigenvalue weighted by Crippen LogP contribution is -2.34. The Bertz CT molecular complexity index is 386. The molecule has 0 aliphatic carbocycles. The van der Waals surface area contributed by atoms with Crippen molar-refractivity contribution in [2.75, 3.05) is 18.0 Å². The minimum Gasteiger partial charge on any atom is -0.358 e. The van der Waals surface area contributed by atoms with Crippen LogP contribution in [0.5, 0.6) is 0 Å². The summed E-state index contributed by atoms with van der Waals surface area (Å²) in [5, 5.41) is 0. The molecule has 1 aliphatic rings. The van der Waals surface area contributed by atoms with Crippen LogP contribution in [0.3, 0.4) is 0 Å². The molecule has 5 heteroatoms. The van der Waals surface area contributed by atoms with Gasteiger partial charge in [0.05, 0.1) is 0 Å². The van der Waals surface area contributed by atoms with Crippen LogP contribution in [0, 0.1) is 0 Å². The minimum absolute atomic E-state index is 0.339. The van der Waals surface area contributed by atoms with Crippen LogP contribution in [0.2, 0.25) is 0 Å². The van der Waals surface area contributed by atoms with Crippen LogP contribution in [0.4, 0.5) is 5.82 Å². The Hall–Kier alpha value is -1.52. The Morgan fingerprint density at radius 3 is 2.43 bits per heavy atom. The molecule has 5 nitrogen and oxygen atoms in total. The lowest BCUT2D eigenvalue weighted by molar-refractivity contribution is 0.572. The summed E-state index contributed by atoms with van der Waals surface area (Å²) in [5.41, 5.74) is -0.771. The molecule has 2 rings (SSSR count). The van der Waals surface area contributed by atoms with Crippen molar-refractivity contribution in [1.29, 1.82) is 0 Å². The Morgan fingerprint density at radius 1 is 1.07 bits per heavy atom. The average molecular weight is 195 g/mol. The average Bonchev–Trinajstić information content (AvgIpc) is 2.18. The minimum atomic E-state index is -0.432. The lowest BCUT2D eigenvalue weighted by atomic mass is 10.1. The third-order valence-electron chi connectivity index (χ3n) is 2.44. The lowest BCUT2D eigenvalue weighted by Gasteiger charge is -2.27. The molecule has 0 bridgehead atoms. The van der Waals surface area contributed by atoms with Gasteiger partial charge in [0.1, 0.15) is 5.82 Å². The molecule has 1 aliphatic heterocycles. The van der Waals surface area contributed by atoms with E-state index in [0.29, 0.717) is 5.82 Å². The number of aromatic nitrogens is 2. The first-order chi connectivity index (χ1) is 6.75. The maximum absolute atomic E-state index is 11.1. The molecule has 1 saturated heterocycles. The fourth-order valence-electron chi connectivity index (χ4n) is 1.76. The number of anilines is 1. The first-order valence-electron chi connectivity index (χ1n) is 4.84. The highest BCUT2D eigenvalue weighted by Crippen LogP contribution is 2.14. The van der Waals surface area contributed by atoms with E-state index in [-0.39, 0.29) is 5.56 Å². The zero-order valence-corrected chi connectivity index (χ0v) is 7.88. The molecule has 0 radical (unpaired) electrons. The van der Waals surface area contributed by atoms with Gasteiger partial charge in [-0.3, -0.25) is 14.8 Å². The van der Waals surface area contributed by atoms with E-state index in [1.54, 1.807) is 0 Å². The summed E-state index contributed by atoms with van der Waals surface area (Å²) < 4.78 is 0. The molecule has 76 valence electrons. The second kappa shape index (κ2) is 3.69. The van der Waals surface area contributed by atoms with Crippen LogP contribution in [0.25, 0.3) is 0 Å². The summed E-state index contributed by atoms with van der Waals surface area (Å²) in [6.07, 6.45) is 3.47. The van der Waals surface area contributed by atoms with E-state index in [4.69, 9.17) is 0 Å². The van der Waals surface area contributed by atoms with Gasteiger partial charge in [-0.05, 0) is 19.3 Å². The Morgan fingerprint density at radius 2 is 1.79 bits per heavy atom. The summed E-state index contributed by atoms with van der Waals surface area (Å²) in [4.78, 5) is 28.9. The summed E-state index contributed by atoms with van der Waals surface area (Å²) in [7, 11) is 0. The third-order valence-corrected chi connectivity index (χ3v) is 2.44. The van der Waals surface area contributed by atoms with E-state index < -0.39 is 5.69 Å². The van der Waals surface area contributed by atoms with Crippen molar-refractivity contribution in [2.45, 2.75) is 19.3 Å². The summed E-state index contributed by atoms with van der Waals surface area (Å²) in [5.74, 6) is 0.637. The molecule has 1 aromatic heterocycles. The number of piperidine rings is 1. The molecule has 1 aromatic rings. The highest BCUT2D eigenvalue weighted by Gasteiger charge is 2.11. The number of nitrogens with zero attached hydrogens (tertiary/aromatic N) is 1. The van der Waals surface area contributed by atoms with Crippen molar-refractivity contribution in [1.82, 2.24) is 9.97 Å². The molecule has 0 atom stereocenters. The Labute approximate surface area is 80.8 Å². The SMILES string of the molecule is O=c1cc(N2CCCCC2)[nH]c(=O)[nH]1. The van der Waals surface area contributed by atoms with Gasteiger partial charge >= 0.3 is 5.69 Å². The van der Waals surface area contributed by atoms with E-state index in [1.165, 1.54) is 12.5 Å². The topological polar surface area (TPSA) is 69.0 Å². The van der Waals surface area contributed by atoms with Crippen molar-refractivity contribution in [3.05, 3.63) is 26.9 Å². The number of hydrogen-bond acceptors (Lipinski definition) is 3. The van der Waals surface area contributed by atoms with E-state index in [2.05, 4.69) is 9.97 Å². The summed E-state index contributed by atoms with van der Waals surface area (Å²) in [6, 6.07) is 1.44. The van der Waals surface area contributed by atoms with Gasteiger partial charge in [0, 0.05) is 19.2 Å². The van der Waals surface area contributed by atoms with Gasteiger partial charge in [-0.2, -0.15) is 0 Å². The number of rotatable bonds is 1. The third kappa shape index (κ3) is 1.86.